The van der Waals surface area contributed by atoms with E-state index in [4.69, 9.17) is 16.7 Å². The van der Waals surface area contributed by atoms with Crippen molar-refractivity contribution >= 4 is 35.1 Å². The smallest absolute Gasteiger partial charge is 0.322 e. The molecule has 1 aromatic rings. The number of anilines is 1. The average Bonchev–Trinajstić information content (AvgIpc) is 2.78. The summed E-state index contributed by atoms with van der Waals surface area (Å²) in [5.41, 5.74) is 0.635. The molecule has 1 aromatic carbocycles. The largest absolute Gasteiger partial charge is 0.480 e. The van der Waals surface area contributed by atoms with Gasteiger partial charge in [0.2, 0.25) is 11.8 Å². The summed E-state index contributed by atoms with van der Waals surface area (Å²) in [6, 6.07) is 6.81. The van der Waals surface area contributed by atoms with Gasteiger partial charge in [0.15, 0.2) is 0 Å². The van der Waals surface area contributed by atoms with E-state index in [9.17, 15) is 14.4 Å². The number of carbonyl (C=O) groups is 3. The van der Waals surface area contributed by atoms with Crippen molar-refractivity contribution < 1.29 is 19.5 Å². The second-order valence-electron chi connectivity index (χ2n) is 4.42. The van der Waals surface area contributed by atoms with Crippen LogP contribution in [0.25, 0.3) is 0 Å². The molecule has 1 heterocycles. The second kappa shape index (κ2) is 5.92. The molecule has 2 amide bonds. The van der Waals surface area contributed by atoms with Crippen molar-refractivity contribution in [2.24, 2.45) is 5.92 Å². The number of halogens is 1. The Labute approximate surface area is 120 Å². The molecular formula is C13H13ClN2O4. The van der Waals surface area contributed by atoms with Crippen LogP contribution in [0.4, 0.5) is 5.69 Å². The molecule has 0 spiro atoms. The van der Waals surface area contributed by atoms with E-state index in [1.54, 1.807) is 24.3 Å². The molecule has 1 saturated heterocycles. The molecule has 0 radical (unpaired) electrons. The van der Waals surface area contributed by atoms with Gasteiger partial charge in [0.1, 0.15) is 12.5 Å². The molecule has 7 heteroatoms. The first-order valence-electron chi connectivity index (χ1n) is 6.05. The fraction of sp³-hybridized carbons (Fsp3) is 0.308. The van der Waals surface area contributed by atoms with Gasteiger partial charge in [0, 0.05) is 17.3 Å². The Morgan fingerprint density at radius 3 is 2.85 bits per heavy atom. The first-order valence-corrected chi connectivity index (χ1v) is 6.43. The van der Waals surface area contributed by atoms with Crippen molar-refractivity contribution in [3.63, 3.8) is 0 Å². The fourth-order valence-electron chi connectivity index (χ4n) is 2.11. The number of carbonyl (C=O) groups excluding carboxylic acids is 2. The number of rotatable bonds is 4. The van der Waals surface area contributed by atoms with E-state index in [0.717, 1.165) is 0 Å². The molecule has 0 aliphatic carbocycles. The van der Waals surface area contributed by atoms with E-state index in [-0.39, 0.29) is 5.91 Å². The molecule has 1 aliphatic heterocycles. The van der Waals surface area contributed by atoms with Crippen LogP contribution in [0.15, 0.2) is 24.3 Å². The fourth-order valence-corrected chi connectivity index (χ4v) is 2.29. The molecule has 2 N–H and O–H groups in total. The van der Waals surface area contributed by atoms with Crippen LogP contribution < -0.4 is 10.2 Å². The molecule has 1 aliphatic rings. The third-order valence-electron chi connectivity index (χ3n) is 3.06. The molecule has 6 nitrogen and oxygen atoms in total. The molecule has 0 bridgehead atoms. The summed E-state index contributed by atoms with van der Waals surface area (Å²) in [5.74, 6) is -2.87. The van der Waals surface area contributed by atoms with Crippen molar-refractivity contribution in [3.05, 3.63) is 29.3 Å². The van der Waals surface area contributed by atoms with Gasteiger partial charge in [-0.05, 0) is 24.6 Å². The molecule has 2 rings (SSSR count). The van der Waals surface area contributed by atoms with Crippen molar-refractivity contribution in [2.45, 2.75) is 6.42 Å². The predicted molar refractivity (Wildman–Crippen MR) is 72.6 cm³/mol. The van der Waals surface area contributed by atoms with Gasteiger partial charge in [0.25, 0.3) is 0 Å². The number of hydrogen-bond donors (Lipinski definition) is 2. The molecule has 106 valence electrons. The van der Waals surface area contributed by atoms with Gasteiger partial charge in [0.05, 0.1) is 0 Å². The summed E-state index contributed by atoms with van der Waals surface area (Å²) in [5, 5.41) is 11.2. The highest BCUT2D eigenvalue weighted by Gasteiger charge is 2.37. The quantitative estimate of drug-likeness (QED) is 0.808. The standard InChI is InChI=1S/C13H13ClN2O4/c14-8-2-1-3-9(6-8)16-5-4-10(13(16)20)12(19)15-7-11(17)18/h1-3,6,10H,4-5,7H2,(H,15,19)(H,17,18). The average molecular weight is 297 g/mol. The number of amides is 2. The highest BCUT2D eigenvalue weighted by atomic mass is 35.5. The van der Waals surface area contributed by atoms with Gasteiger partial charge in [-0.1, -0.05) is 17.7 Å². The minimum atomic E-state index is -1.14. The van der Waals surface area contributed by atoms with Crippen LogP contribution in [0.1, 0.15) is 6.42 Å². The van der Waals surface area contributed by atoms with Crippen LogP contribution in [0, 0.1) is 5.92 Å². The Kier molecular flexibility index (Phi) is 4.24. The minimum absolute atomic E-state index is 0.338. The van der Waals surface area contributed by atoms with Crippen LogP contribution in [-0.2, 0) is 14.4 Å². The zero-order chi connectivity index (χ0) is 14.7. The molecule has 1 fully saturated rings. The lowest BCUT2D eigenvalue weighted by Gasteiger charge is -2.16. The number of carboxylic acids is 1. The molecule has 20 heavy (non-hydrogen) atoms. The summed E-state index contributed by atoms with van der Waals surface area (Å²) in [6.45, 7) is -0.0793. The van der Waals surface area contributed by atoms with E-state index in [1.807, 2.05) is 0 Å². The SMILES string of the molecule is O=C(O)CNC(=O)C1CCN(c2cccc(Cl)c2)C1=O. The molecule has 0 aromatic heterocycles. The third kappa shape index (κ3) is 3.08. The first-order chi connectivity index (χ1) is 9.49. The Morgan fingerprint density at radius 2 is 2.20 bits per heavy atom. The highest BCUT2D eigenvalue weighted by Crippen LogP contribution is 2.27. The Bertz CT molecular complexity index is 561. The van der Waals surface area contributed by atoms with Crippen LogP contribution in [0.3, 0.4) is 0 Å². The Morgan fingerprint density at radius 1 is 1.45 bits per heavy atom. The van der Waals surface area contributed by atoms with E-state index in [1.165, 1.54) is 4.90 Å². The van der Waals surface area contributed by atoms with E-state index >= 15 is 0 Å². The van der Waals surface area contributed by atoms with Gasteiger partial charge in [-0.3, -0.25) is 14.4 Å². The maximum absolute atomic E-state index is 12.2. The summed E-state index contributed by atoms with van der Waals surface area (Å²) in [6.07, 6.45) is 0.358. The number of nitrogens with one attached hydrogen (secondary N) is 1. The summed E-state index contributed by atoms with van der Waals surface area (Å²) in [4.78, 5) is 35.8. The van der Waals surface area contributed by atoms with Gasteiger partial charge in [-0.15, -0.1) is 0 Å². The van der Waals surface area contributed by atoms with Gasteiger partial charge in [-0.2, -0.15) is 0 Å². The molecular weight excluding hydrogens is 284 g/mol. The number of hydrogen-bond acceptors (Lipinski definition) is 3. The lowest BCUT2D eigenvalue weighted by molar-refractivity contribution is -0.140. The number of benzene rings is 1. The molecule has 1 atom stereocenters. The van der Waals surface area contributed by atoms with Gasteiger partial charge >= 0.3 is 5.97 Å². The summed E-state index contributed by atoms with van der Waals surface area (Å²) < 4.78 is 0. The van der Waals surface area contributed by atoms with E-state index in [0.29, 0.717) is 23.7 Å². The van der Waals surface area contributed by atoms with E-state index < -0.39 is 24.3 Å². The minimum Gasteiger partial charge on any atom is -0.480 e. The zero-order valence-electron chi connectivity index (χ0n) is 10.5. The second-order valence-corrected chi connectivity index (χ2v) is 4.86. The molecule has 0 saturated carbocycles. The number of carboxylic acid groups (broad SMARTS) is 1. The lowest BCUT2D eigenvalue weighted by Crippen LogP contribution is -2.38. The topological polar surface area (TPSA) is 86.7 Å². The normalized spacial score (nSPS) is 18.1. The van der Waals surface area contributed by atoms with Crippen molar-refractivity contribution in [3.8, 4) is 0 Å². The maximum Gasteiger partial charge on any atom is 0.322 e. The first kappa shape index (κ1) is 14.3. The van der Waals surface area contributed by atoms with Crippen LogP contribution in [0.2, 0.25) is 5.02 Å². The van der Waals surface area contributed by atoms with Crippen LogP contribution in [0.5, 0.6) is 0 Å². The van der Waals surface area contributed by atoms with Crippen molar-refractivity contribution in [2.75, 3.05) is 18.0 Å². The number of nitrogens with zero attached hydrogens (tertiary/aromatic N) is 1. The predicted octanol–water partition coefficient (Wildman–Crippen LogP) is 0.894. The van der Waals surface area contributed by atoms with Gasteiger partial charge < -0.3 is 15.3 Å². The zero-order valence-corrected chi connectivity index (χ0v) is 11.3. The number of aliphatic carboxylic acids is 1. The maximum atomic E-state index is 12.2. The van der Waals surface area contributed by atoms with Crippen LogP contribution >= 0.6 is 11.6 Å². The third-order valence-corrected chi connectivity index (χ3v) is 3.29. The van der Waals surface area contributed by atoms with Crippen molar-refractivity contribution in [1.29, 1.82) is 0 Å². The molecule has 1 unspecified atom stereocenters. The summed E-state index contributed by atoms with van der Waals surface area (Å²) >= 11 is 5.87. The highest BCUT2D eigenvalue weighted by molar-refractivity contribution is 6.31. The summed E-state index contributed by atoms with van der Waals surface area (Å²) in [7, 11) is 0. The lowest BCUT2D eigenvalue weighted by atomic mass is 10.1. The van der Waals surface area contributed by atoms with Gasteiger partial charge in [-0.25, -0.2) is 0 Å². The monoisotopic (exact) mass is 296 g/mol. The van der Waals surface area contributed by atoms with Crippen LogP contribution in [-0.4, -0.2) is 36.0 Å². The van der Waals surface area contributed by atoms with Crippen molar-refractivity contribution in [1.82, 2.24) is 5.32 Å². The Balaban J connectivity index is 2.06. The van der Waals surface area contributed by atoms with E-state index in [2.05, 4.69) is 5.32 Å². The Hall–Kier alpha value is -2.08.